The minimum atomic E-state index is -0.608. The largest absolute Gasteiger partial charge is 0.469 e. The second-order valence-corrected chi connectivity index (χ2v) is 3.45. The lowest BCUT2D eigenvalue weighted by molar-refractivity contribution is -0.385. The molecule has 0 unspecified atom stereocenters. The van der Waals surface area contributed by atoms with Crippen molar-refractivity contribution in [1.82, 2.24) is 9.97 Å². The van der Waals surface area contributed by atoms with Crippen molar-refractivity contribution >= 4 is 11.5 Å². The molecule has 2 rings (SSSR count). The third kappa shape index (κ3) is 1.87. The Bertz CT molecular complexity index is 407. The zero-order valence-electron chi connectivity index (χ0n) is 8.42. The molecule has 0 amide bonds. The van der Waals surface area contributed by atoms with Crippen LogP contribution in [0.1, 0.15) is 19.3 Å². The number of rotatable bonds is 4. The number of nitro groups is 1. The molecule has 1 aliphatic rings. The molecular formula is C8H11N5O3. The average molecular weight is 225 g/mol. The Kier molecular flexibility index (Phi) is 2.82. The number of ether oxygens (including phenoxy) is 1. The summed E-state index contributed by atoms with van der Waals surface area (Å²) in [6.07, 6.45) is 4.06. The van der Waals surface area contributed by atoms with E-state index in [4.69, 9.17) is 10.6 Å². The third-order valence-corrected chi connectivity index (χ3v) is 2.44. The van der Waals surface area contributed by atoms with Gasteiger partial charge in [0.25, 0.3) is 5.88 Å². The second-order valence-electron chi connectivity index (χ2n) is 3.45. The highest BCUT2D eigenvalue weighted by Gasteiger charge is 2.28. The molecule has 0 bridgehead atoms. The third-order valence-electron chi connectivity index (χ3n) is 2.44. The van der Waals surface area contributed by atoms with Gasteiger partial charge in [0.1, 0.15) is 12.4 Å². The first-order chi connectivity index (χ1) is 7.72. The topological polar surface area (TPSA) is 116 Å². The quantitative estimate of drug-likeness (QED) is 0.437. The Morgan fingerprint density at radius 1 is 1.56 bits per heavy atom. The molecule has 0 aliphatic heterocycles. The van der Waals surface area contributed by atoms with E-state index in [1.54, 1.807) is 0 Å². The predicted octanol–water partition coefficient (Wildman–Crippen LogP) is 0.602. The second kappa shape index (κ2) is 4.27. The summed E-state index contributed by atoms with van der Waals surface area (Å²) in [7, 11) is 0. The van der Waals surface area contributed by atoms with Crippen LogP contribution in [0.2, 0.25) is 0 Å². The molecular weight excluding hydrogens is 214 g/mol. The van der Waals surface area contributed by atoms with Gasteiger partial charge in [-0.1, -0.05) is 0 Å². The van der Waals surface area contributed by atoms with Crippen LogP contribution in [0.4, 0.5) is 11.5 Å². The van der Waals surface area contributed by atoms with E-state index in [1.807, 2.05) is 0 Å². The average Bonchev–Trinajstić information content (AvgIpc) is 2.22. The molecule has 1 aliphatic carbocycles. The highest BCUT2D eigenvalue weighted by molar-refractivity contribution is 5.60. The Balaban J connectivity index is 2.30. The van der Waals surface area contributed by atoms with E-state index in [-0.39, 0.29) is 23.5 Å². The van der Waals surface area contributed by atoms with Crippen molar-refractivity contribution in [2.24, 2.45) is 5.84 Å². The molecule has 3 N–H and O–H groups in total. The van der Waals surface area contributed by atoms with Gasteiger partial charge in [0.05, 0.1) is 4.92 Å². The molecule has 1 aromatic rings. The molecule has 1 fully saturated rings. The minimum Gasteiger partial charge on any atom is -0.469 e. The monoisotopic (exact) mass is 225 g/mol. The van der Waals surface area contributed by atoms with E-state index >= 15 is 0 Å². The molecule has 1 aromatic heterocycles. The van der Waals surface area contributed by atoms with Crippen LogP contribution >= 0.6 is 0 Å². The van der Waals surface area contributed by atoms with Crippen LogP contribution in [0, 0.1) is 10.1 Å². The number of hydrogen-bond donors (Lipinski definition) is 2. The van der Waals surface area contributed by atoms with Gasteiger partial charge < -0.3 is 10.2 Å². The van der Waals surface area contributed by atoms with Crippen molar-refractivity contribution in [2.75, 3.05) is 5.43 Å². The summed E-state index contributed by atoms with van der Waals surface area (Å²) in [4.78, 5) is 17.7. The van der Waals surface area contributed by atoms with Gasteiger partial charge >= 0.3 is 5.69 Å². The van der Waals surface area contributed by atoms with E-state index in [0.29, 0.717) is 0 Å². The minimum absolute atomic E-state index is 0.0132. The van der Waals surface area contributed by atoms with E-state index in [1.165, 1.54) is 6.33 Å². The van der Waals surface area contributed by atoms with E-state index in [9.17, 15) is 10.1 Å². The number of nitrogens with two attached hydrogens (primary N) is 1. The van der Waals surface area contributed by atoms with Gasteiger partial charge in [0.2, 0.25) is 5.82 Å². The van der Waals surface area contributed by atoms with Gasteiger partial charge in [0.15, 0.2) is 0 Å². The number of anilines is 1. The first kappa shape index (κ1) is 10.6. The van der Waals surface area contributed by atoms with Crippen LogP contribution in [0.15, 0.2) is 6.33 Å². The number of hydrazine groups is 1. The van der Waals surface area contributed by atoms with Crippen molar-refractivity contribution in [2.45, 2.75) is 25.4 Å². The Morgan fingerprint density at radius 3 is 2.81 bits per heavy atom. The molecule has 86 valence electrons. The Morgan fingerprint density at radius 2 is 2.31 bits per heavy atom. The molecule has 0 radical (unpaired) electrons. The number of nitrogens with zero attached hydrogens (tertiary/aromatic N) is 3. The first-order valence-corrected chi connectivity index (χ1v) is 4.85. The highest BCUT2D eigenvalue weighted by atomic mass is 16.6. The summed E-state index contributed by atoms with van der Waals surface area (Å²) in [5, 5.41) is 10.8. The summed E-state index contributed by atoms with van der Waals surface area (Å²) < 4.78 is 5.40. The smallest absolute Gasteiger partial charge is 0.374 e. The maximum Gasteiger partial charge on any atom is 0.374 e. The lowest BCUT2D eigenvalue weighted by Gasteiger charge is -2.25. The van der Waals surface area contributed by atoms with Gasteiger partial charge in [-0.15, -0.1) is 0 Å². The zero-order valence-corrected chi connectivity index (χ0v) is 8.42. The van der Waals surface area contributed by atoms with Gasteiger partial charge in [-0.05, 0) is 19.3 Å². The maximum atomic E-state index is 10.8. The van der Waals surface area contributed by atoms with E-state index in [0.717, 1.165) is 19.3 Å². The Hall–Kier alpha value is -1.96. The van der Waals surface area contributed by atoms with Gasteiger partial charge in [-0.25, -0.2) is 10.8 Å². The van der Waals surface area contributed by atoms with Crippen LogP contribution < -0.4 is 16.0 Å². The molecule has 8 heteroatoms. The number of hydrogen-bond acceptors (Lipinski definition) is 7. The lowest BCUT2D eigenvalue weighted by Crippen LogP contribution is -2.25. The van der Waals surface area contributed by atoms with Crippen molar-refractivity contribution in [1.29, 1.82) is 0 Å². The first-order valence-electron chi connectivity index (χ1n) is 4.85. The van der Waals surface area contributed by atoms with Gasteiger partial charge in [0, 0.05) is 0 Å². The van der Waals surface area contributed by atoms with Crippen LogP contribution in [0.25, 0.3) is 0 Å². The maximum absolute atomic E-state index is 10.8. The molecule has 16 heavy (non-hydrogen) atoms. The fourth-order valence-corrected chi connectivity index (χ4v) is 1.37. The van der Waals surface area contributed by atoms with Crippen LogP contribution in [-0.4, -0.2) is 21.0 Å². The molecule has 0 aromatic carbocycles. The summed E-state index contributed by atoms with van der Waals surface area (Å²) in [5.41, 5.74) is 1.83. The summed E-state index contributed by atoms with van der Waals surface area (Å²) in [5.74, 6) is 5.06. The molecule has 0 atom stereocenters. The summed E-state index contributed by atoms with van der Waals surface area (Å²) in [6, 6.07) is 0. The molecule has 1 saturated carbocycles. The molecule has 0 spiro atoms. The van der Waals surface area contributed by atoms with Crippen LogP contribution in [0.3, 0.4) is 0 Å². The SMILES string of the molecule is NNc1ncnc(OC2CCC2)c1[N+](=O)[O-]. The summed E-state index contributed by atoms with van der Waals surface area (Å²) >= 11 is 0. The molecule has 0 saturated heterocycles. The van der Waals surface area contributed by atoms with Crippen molar-refractivity contribution < 1.29 is 9.66 Å². The summed E-state index contributed by atoms with van der Waals surface area (Å²) in [6.45, 7) is 0. The Labute approximate surface area is 91.0 Å². The van der Waals surface area contributed by atoms with E-state index < -0.39 is 4.92 Å². The number of aromatic nitrogens is 2. The van der Waals surface area contributed by atoms with E-state index in [2.05, 4.69) is 15.4 Å². The highest BCUT2D eigenvalue weighted by Crippen LogP contribution is 2.33. The van der Waals surface area contributed by atoms with Crippen molar-refractivity contribution in [3.05, 3.63) is 16.4 Å². The van der Waals surface area contributed by atoms with Crippen molar-refractivity contribution in [3.8, 4) is 5.88 Å². The van der Waals surface area contributed by atoms with Crippen molar-refractivity contribution in [3.63, 3.8) is 0 Å². The normalized spacial score (nSPS) is 15.3. The van der Waals surface area contributed by atoms with Crippen LogP contribution in [-0.2, 0) is 0 Å². The number of nitrogens with one attached hydrogen (secondary N) is 1. The fraction of sp³-hybridized carbons (Fsp3) is 0.500. The molecule has 8 nitrogen and oxygen atoms in total. The standard InChI is InChI=1S/C8H11N5O3/c9-12-7-6(13(14)15)8(11-4-10-7)16-5-2-1-3-5/h4-5H,1-3,9H2,(H,10,11,12). The zero-order chi connectivity index (χ0) is 11.5. The van der Waals surface area contributed by atoms with Crippen LogP contribution in [0.5, 0.6) is 5.88 Å². The van der Waals surface area contributed by atoms with Gasteiger partial charge in [-0.2, -0.15) is 4.98 Å². The van der Waals surface area contributed by atoms with Gasteiger partial charge in [-0.3, -0.25) is 10.1 Å². The predicted molar refractivity (Wildman–Crippen MR) is 54.8 cm³/mol. The lowest BCUT2D eigenvalue weighted by atomic mass is 9.96. The number of nitrogen functional groups attached to an aromatic ring is 1. The fourth-order valence-electron chi connectivity index (χ4n) is 1.37. The molecule has 1 heterocycles.